The molecule has 1 aromatic heterocycles. The number of likely N-dealkylation sites (N-methyl/N-ethyl adjacent to an activating group) is 1. The third-order valence-corrected chi connectivity index (χ3v) is 4.42. The van der Waals surface area contributed by atoms with Gasteiger partial charge in [-0.05, 0) is 35.4 Å². The first-order chi connectivity index (χ1) is 12.2. The maximum atomic E-state index is 12.7. The number of carbonyl (C=O) groups excluding carboxylic acids is 1. The average molecular weight is 333 g/mol. The van der Waals surface area contributed by atoms with Gasteiger partial charge in [0.1, 0.15) is 5.75 Å². The number of hydrogen-bond donors (Lipinski definition) is 0. The van der Waals surface area contributed by atoms with Crippen molar-refractivity contribution in [1.82, 2.24) is 14.7 Å². The highest BCUT2D eigenvalue weighted by Crippen LogP contribution is 2.29. The molecule has 2 heterocycles. The Labute approximate surface area is 146 Å². The van der Waals surface area contributed by atoms with Crippen LogP contribution in [0.5, 0.6) is 5.75 Å². The van der Waals surface area contributed by atoms with E-state index in [1.165, 1.54) is 0 Å². The summed E-state index contributed by atoms with van der Waals surface area (Å²) in [6, 6.07) is 17.8. The number of rotatable bonds is 4. The van der Waals surface area contributed by atoms with Crippen LogP contribution in [0.1, 0.15) is 11.1 Å². The summed E-state index contributed by atoms with van der Waals surface area (Å²) < 4.78 is 7.60. The molecule has 0 spiro atoms. The minimum Gasteiger partial charge on any atom is -0.480 e. The van der Waals surface area contributed by atoms with Gasteiger partial charge < -0.3 is 9.64 Å². The van der Waals surface area contributed by atoms with Gasteiger partial charge in [-0.25, -0.2) is 4.68 Å². The predicted octanol–water partition coefficient (Wildman–Crippen LogP) is 2.83. The van der Waals surface area contributed by atoms with Crippen molar-refractivity contribution in [1.29, 1.82) is 0 Å². The van der Waals surface area contributed by atoms with E-state index in [0.29, 0.717) is 13.0 Å². The molecule has 5 heteroatoms. The van der Waals surface area contributed by atoms with Crippen molar-refractivity contribution in [3.63, 3.8) is 0 Å². The summed E-state index contributed by atoms with van der Waals surface area (Å²) in [6.07, 6.45) is 3.86. The van der Waals surface area contributed by atoms with E-state index in [1.54, 1.807) is 11.1 Å². The van der Waals surface area contributed by atoms with E-state index in [9.17, 15) is 4.79 Å². The zero-order chi connectivity index (χ0) is 17.2. The predicted molar refractivity (Wildman–Crippen MR) is 94.6 cm³/mol. The SMILES string of the molecule is CN(Cc1ccc(-n2cccn2)cc1)C(=O)[C@@H]1Cc2ccccc2O1. The van der Waals surface area contributed by atoms with Gasteiger partial charge in [-0.1, -0.05) is 30.3 Å². The maximum Gasteiger partial charge on any atom is 0.264 e. The molecule has 0 radical (unpaired) electrons. The molecule has 0 N–H and O–H groups in total. The number of hydrogen-bond acceptors (Lipinski definition) is 3. The lowest BCUT2D eigenvalue weighted by Gasteiger charge is -2.21. The lowest BCUT2D eigenvalue weighted by atomic mass is 10.1. The van der Waals surface area contributed by atoms with Crippen molar-refractivity contribution in [3.05, 3.63) is 78.1 Å². The molecule has 0 saturated heterocycles. The number of aromatic nitrogens is 2. The van der Waals surface area contributed by atoms with Gasteiger partial charge in [0, 0.05) is 32.4 Å². The van der Waals surface area contributed by atoms with Crippen LogP contribution in [-0.2, 0) is 17.8 Å². The largest absolute Gasteiger partial charge is 0.480 e. The van der Waals surface area contributed by atoms with E-state index in [-0.39, 0.29) is 5.91 Å². The highest BCUT2D eigenvalue weighted by molar-refractivity contribution is 5.82. The van der Waals surface area contributed by atoms with Crippen molar-refractivity contribution >= 4 is 5.91 Å². The molecular formula is C20H19N3O2. The van der Waals surface area contributed by atoms with Crippen LogP contribution < -0.4 is 4.74 Å². The Morgan fingerprint density at radius 3 is 2.72 bits per heavy atom. The topological polar surface area (TPSA) is 47.4 Å². The summed E-state index contributed by atoms with van der Waals surface area (Å²) >= 11 is 0. The van der Waals surface area contributed by atoms with Crippen molar-refractivity contribution in [2.45, 2.75) is 19.1 Å². The number of carbonyl (C=O) groups is 1. The lowest BCUT2D eigenvalue weighted by molar-refractivity contribution is -0.137. The van der Waals surface area contributed by atoms with E-state index in [1.807, 2.05) is 72.5 Å². The second kappa shape index (κ2) is 6.43. The van der Waals surface area contributed by atoms with Crippen LogP contribution >= 0.6 is 0 Å². The Bertz CT molecular complexity index is 847. The normalized spacial score (nSPS) is 15.5. The van der Waals surface area contributed by atoms with Crippen LogP contribution in [0, 0.1) is 0 Å². The number of fused-ring (bicyclic) bond motifs is 1. The number of para-hydroxylation sites is 1. The molecule has 1 aliphatic rings. The monoisotopic (exact) mass is 333 g/mol. The van der Waals surface area contributed by atoms with E-state index >= 15 is 0 Å². The van der Waals surface area contributed by atoms with Gasteiger partial charge in [0.25, 0.3) is 5.91 Å². The molecular weight excluding hydrogens is 314 g/mol. The molecule has 5 nitrogen and oxygen atoms in total. The van der Waals surface area contributed by atoms with Gasteiger partial charge in [-0.15, -0.1) is 0 Å². The zero-order valence-corrected chi connectivity index (χ0v) is 14.0. The molecule has 2 aromatic carbocycles. The summed E-state index contributed by atoms with van der Waals surface area (Å²) in [7, 11) is 1.82. The quantitative estimate of drug-likeness (QED) is 0.738. The van der Waals surface area contributed by atoms with Crippen LogP contribution in [0.25, 0.3) is 5.69 Å². The van der Waals surface area contributed by atoms with Crippen LogP contribution in [0.3, 0.4) is 0 Å². The maximum absolute atomic E-state index is 12.7. The lowest BCUT2D eigenvalue weighted by Crippen LogP contribution is -2.38. The highest BCUT2D eigenvalue weighted by atomic mass is 16.5. The molecule has 0 unspecified atom stereocenters. The van der Waals surface area contributed by atoms with Crippen LogP contribution in [-0.4, -0.2) is 33.7 Å². The van der Waals surface area contributed by atoms with Crippen LogP contribution in [0.15, 0.2) is 67.0 Å². The second-order valence-electron chi connectivity index (χ2n) is 6.23. The van der Waals surface area contributed by atoms with Gasteiger partial charge in [-0.3, -0.25) is 4.79 Å². The van der Waals surface area contributed by atoms with E-state index in [0.717, 1.165) is 22.6 Å². The molecule has 0 saturated carbocycles. The molecule has 25 heavy (non-hydrogen) atoms. The smallest absolute Gasteiger partial charge is 0.264 e. The van der Waals surface area contributed by atoms with Crippen molar-refractivity contribution < 1.29 is 9.53 Å². The zero-order valence-electron chi connectivity index (χ0n) is 14.0. The third-order valence-electron chi connectivity index (χ3n) is 4.42. The fourth-order valence-electron chi connectivity index (χ4n) is 3.09. The molecule has 1 aliphatic heterocycles. The molecule has 0 fully saturated rings. The Morgan fingerprint density at radius 1 is 1.20 bits per heavy atom. The fourth-order valence-corrected chi connectivity index (χ4v) is 3.09. The average Bonchev–Trinajstić information content (AvgIpc) is 3.31. The van der Waals surface area contributed by atoms with Gasteiger partial charge >= 0.3 is 0 Å². The molecule has 126 valence electrons. The highest BCUT2D eigenvalue weighted by Gasteiger charge is 2.30. The minimum atomic E-state index is -0.425. The summed E-state index contributed by atoms with van der Waals surface area (Å²) in [4.78, 5) is 14.4. The Morgan fingerprint density at radius 2 is 2.00 bits per heavy atom. The van der Waals surface area contributed by atoms with Crippen molar-refractivity contribution in [2.75, 3.05) is 7.05 Å². The van der Waals surface area contributed by atoms with E-state index < -0.39 is 6.10 Å². The molecule has 4 rings (SSSR count). The van der Waals surface area contributed by atoms with Crippen molar-refractivity contribution in [3.8, 4) is 11.4 Å². The fraction of sp³-hybridized carbons (Fsp3) is 0.200. The van der Waals surface area contributed by atoms with E-state index in [4.69, 9.17) is 4.74 Å². The van der Waals surface area contributed by atoms with Gasteiger partial charge in [0.05, 0.1) is 5.69 Å². The van der Waals surface area contributed by atoms with E-state index in [2.05, 4.69) is 5.10 Å². The molecule has 0 bridgehead atoms. The van der Waals surface area contributed by atoms with Gasteiger partial charge in [-0.2, -0.15) is 5.10 Å². The Balaban J connectivity index is 1.40. The number of amides is 1. The Kier molecular flexibility index (Phi) is 3.98. The second-order valence-corrected chi connectivity index (χ2v) is 6.23. The Hall–Kier alpha value is -3.08. The summed E-state index contributed by atoms with van der Waals surface area (Å²) in [5.41, 5.74) is 3.16. The first kappa shape index (κ1) is 15.4. The standard InChI is InChI=1S/C20H19N3O2/c1-22(20(24)19-13-16-5-2-3-6-18(16)25-19)14-15-7-9-17(10-8-15)23-12-4-11-21-23/h2-12,19H,13-14H2,1H3/t19-/m0/s1. The minimum absolute atomic E-state index is 0.00681. The summed E-state index contributed by atoms with van der Waals surface area (Å²) in [6.45, 7) is 0.550. The molecule has 1 atom stereocenters. The van der Waals surface area contributed by atoms with Crippen LogP contribution in [0.4, 0.5) is 0 Å². The number of benzene rings is 2. The van der Waals surface area contributed by atoms with Crippen molar-refractivity contribution in [2.24, 2.45) is 0 Å². The van der Waals surface area contributed by atoms with Gasteiger partial charge in [0.2, 0.25) is 0 Å². The molecule has 1 amide bonds. The van der Waals surface area contributed by atoms with Gasteiger partial charge in [0.15, 0.2) is 6.10 Å². The van der Waals surface area contributed by atoms with Crippen LogP contribution in [0.2, 0.25) is 0 Å². The summed E-state index contributed by atoms with van der Waals surface area (Å²) in [5, 5.41) is 4.21. The number of nitrogens with zero attached hydrogens (tertiary/aromatic N) is 3. The summed E-state index contributed by atoms with van der Waals surface area (Å²) in [5.74, 6) is 0.824. The molecule has 3 aromatic rings. The molecule has 0 aliphatic carbocycles. The number of ether oxygens (including phenoxy) is 1. The first-order valence-electron chi connectivity index (χ1n) is 8.29. The third kappa shape index (κ3) is 3.13. The first-order valence-corrected chi connectivity index (χ1v) is 8.29.